The van der Waals surface area contributed by atoms with Crippen LogP contribution in [0.25, 0.3) is 0 Å². The van der Waals surface area contributed by atoms with Crippen LogP contribution in [0.2, 0.25) is 0 Å². The fourth-order valence-corrected chi connectivity index (χ4v) is 4.42. The second-order valence-corrected chi connectivity index (χ2v) is 7.72. The van der Waals surface area contributed by atoms with E-state index in [9.17, 15) is 17.6 Å². The molecule has 2 aliphatic rings. The van der Waals surface area contributed by atoms with Crippen molar-refractivity contribution < 1.29 is 17.6 Å². The second-order valence-electron chi connectivity index (χ2n) is 5.51. The Morgan fingerprint density at radius 3 is 2.70 bits per heavy atom. The number of carbonyl (C=O) groups is 1. The molecule has 1 aromatic rings. The van der Waals surface area contributed by atoms with Crippen LogP contribution in [0.1, 0.15) is 0 Å². The van der Waals surface area contributed by atoms with Gasteiger partial charge in [-0.05, 0) is 6.07 Å². The van der Waals surface area contributed by atoms with Crippen LogP contribution in [0.15, 0.2) is 18.5 Å². The minimum atomic E-state index is -3.39. The first-order valence-corrected chi connectivity index (χ1v) is 8.84. The SMILES string of the molecule is O=C(Nc1ccncc1F)N1CC(S(=O)(=O)N2CCNCC2)C1. The average Bonchev–Trinajstić information content (AvgIpc) is 2.49. The van der Waals surface area contributed by atoms with Crippen molar-refractivity contribution in [2.45, 2.75) is 5.25 Å². The Kier molecular flexibility index (Phi) is 4.46. The van der Waals surface area contributed by atoms with Crippen LogP contribution in [0, 0.1) is 5.82 Å². The number of halogens is 1. The van der Waals surface area contributed by atoms with Crippen molar-refractivity contribution in [3.63, 3.8) is 0 Å². The van der Waals surface area contributed by atoms with Gasteiger partial charge in [0.2, 0.25) is 10.0 Å². The highest BCUT2D eigenvalue weighted by Gasteiger charge is 2.43. The third-order valence-electron chi connectivity index (χ3n) is 4.01. The van der Waals surface area contributed by atoms with E-state index in [1.807, 2.05) is 0 Å². The number of urea groups is 1. The molecule has 0 atom stereocenters. The van der Waals surface area contributed by atoms with Gasteiger partial charge in [-0.1, -0.05) is 0 Å². The molecule has 0 unspecified atom stereocenters. The minimum absolute atomic E-state index is 0.0263. The molecule has 0 saturated carbocycles. The summed E-state index contributed by atoms with van der Waals surface area (Å²) in [4.78, 5) is 17.0. The van der Waals surface area contributed by atoms with Crippen LogP contribution in [0.5, 0.6) is 0 Å². The van der Waals surface area contributed by atoms with Gasteiger partial charge < -0.3 is 15.5 Å². The van der Waals surface area contributed by atoms with Crippen molar-refractivity contribution in [3.8, 4) is 0 Å². The first-order chi connectivity index (χ1) is 11.0. The molecule has 0 aliphatic carbocycles. The molecule has 2 amide bonds. The molecule has 126 valence electrons. The summed E-state index contributed by atoms with van der Waals surface area (Å²) in [5.74, 6) is -0.633. The number of sulfonamides is 1. The molecule has 2 N–H and O–H groups in total. The summed E-state index contributed by atoms with van der Waals surface area (Å²) in [6.07, 6.45) is 2.37. The number of pyridine rings is 1. The standard InChI is InChI=1S/C13H18FN5O3S/c14-11-7-16-2-1-12(11)17-13(20)18-8-10(9-18)23(21,22)19-5-3-15-4-6-19/h1-2,7,10,15H,3-6,8-9H2,(H,16,17,20). The smallest absolute Gasteiger partial charge is 0.322 e. The number of anilines is 1. The van der Waals surface area contributed by atoms with Gasteiger partial charge in [-0.15, -0.1) is 0 Å². The number of amides is 2. The van der Waals surface area contributed by atoms with E-state index in [0.29, 0.717) is 26.2 Å². The van der Waals surface area contributed by atoms with E-state index in [-0.39, 0.29) is 18.8 Å². The van der Waals surface area contributed by atoms with E-state index in [1.54, 1.807) is 0 Å². The summed E-state index contributed by atoms with van der Waals surface area (Å²) < 4.78 is 39.7. The first kappa shape index (κ1) is 16.1. The molecule has 10 heteroatoms. The van der Waals surface area contributed by atoms with E-state index in [2.05, 4.69) is 15.6 Å². The molecule has 8 nitrogen and oxygen atoms in total. The summed E-state index contributed by atoms with van der Waals surface area (Å²) in [5.41, 5.74) is 0.0263. The Labute approximate surface area is 133 Å². The molecule has 3 rings (SSSR count). The topological polar surface area (TPSA) is 94.6 Å². The van der Waals surface area contributed by atoms with Crippen LogP contribution in [-0.4, -0.2) is 73.2 Å². The Bertz CT molecular complexity index is 687. The van der Waals surface area contributed by atoms with Crippen molar-refractivity contribution in [1.82, 2.24) is 19.5 Å². The van der Waals surface area contributed by atoms with Crippen molar-refractivity contribution in [1.29, 1.82) is 0 Å². The first-order valence-electron chi connectivity index (χ1n) is 7.33. The fourth-order valence-electron chi connectivity index (χ4n) is 2.57. The fraction of sp³-hybridized carbons (Fsp3) is 0.538. The molecular formula is C13H18FN5O3S. The number of carbonyl (C=O) groups excluding carboxylic acids is 1. The van der Waals surface area contributed by atoms with E-state index in [1.165, 1.54) is 21.5 Å². The molecule has 0 bridgehead atoms. The van der Waals surface area contributed by atoms with Crippen LogP contribution in [0.3, 0.4) is 0 Å². The lowest BCUT2D eigenvalue weighted by molar-refractivity contribution is 0.180. The maximum Gasteiger partial charge on any atom is 0.322 e. The van der Waals surface area contributed by atoms with Crippen molar-refractivity contribution >= 4 is 21.7 Å². The van der Waals surface area contributed by atoms with Crippen molar-refractivity contribution in [2.24, 2.45) is 0 Å². The van der Waals surface area contributed by atoms with Crippen LogP contribution in [-0.2, 0) is 10.0 Å². The summed E-state index contributed by atoms with van der Waals surface area (Å²) in [6, 6.07) is 0.837. The maximum absolute atomic E-state index is 13.4. The molecular weight excluding hydrogens is 325 g/mol. The highest BCUT2D eigenvalue weighted by Crippen LogP contribution is 2.22. The number of likely N-dealkylation sites (tertiary alicyclic amines) is 1. The average molecular weight is 343 g/mol. The summed E-state index contributed by atoms with van der Waals surface area (Å²) in [6.45, 7) is 2.41. The molecule has 3 heterocycles. The molecule has 2 aliphatic heterocycles. The molecule has 1 aromatic heterocycles. The second kappa shape index (κ2) is 6.38. The third kappa shape index (κ3) is 3.28. The molecule has 2 fully saturated rings. The van der Waals surface area contributed by atoms with Gasteiger partial charge in [0.05, 0.1) is 11.9 Å². The van der Waals surface area contributed by atoms with Crippen LogP contribution >= 0.6 is 0 Å². The minimum Gasteiger partial charge on any atom is -0.322 e. The number of piperazine rings is 1. The lowest BCUT2D eigenvalue weighted by atomic mass is 10.2. The Morgan fingerprint density at radius 1 is 1.35 bits per heavy atom. The largest absolute Gasteiger partial charge is 0.322 e. The van der Waals surface area contributed by atoms with Gasteiger partial charge in [0.25, 0.3) is 0 Å². The maximum atomic E-state index is 13.4. The highest BCUT2D eigenvalue weighted by molar-refractivity contribution is 7.89. The van der Waals surface area contributed by atoms with Gasteiger partial charge in [0.1, 0.15) is 5.25 Å². The van der Waals surface area contributed by atoms with Gasteiger partial charge in [-0.3, -0.25) is 4.98 Å². The van der Waals surface area contributed by atoms with Gasteiger partial charge >= 0.3 is 6.03 Å². The summed E-state index contributed by atoms with van der Waals surface area (Å²) >= 11 is 0. The van der Waals surface area contributed by atoms with E-state index < -0.39 is 27.1 Å². The number of nitrogens with one attached hydrogen (secondary N) is 2. The number of hydrogen-bond donors (Lipinski definition) is 2. The number of rotatable bonds is 3. The molecule has 2 saturated heterocycles. The third-order valence-corrected chi connectivity index (χ3v) is 6.23. The Balaban J connectivity index is 1.56. The van der Waals surface area contributed by atoms with Gasteiger partial charge in [0, 0.05) is 45.5 Å². The quantitative estimate of drug-likeness (QED) is 0.784. The predicted molar refractivity (Wildman–Crippen MR) is 81.9 cm³/mol. The Hall–Kier alpha value is -1.78. The number of aromatic nitrogens is 1. The molecule has 0 spiro atoms. The lowest BCUT2D eigenvalue weighted by Crippen LogP contribution is -2.62. The zero-order chi connectivity index (χ0) is 16.4. The molecule has 23 heavy (non-hydrogen) atoms. The van der Waals surface area contributed by atoms with Gasteiger partial charge in [0.15, 0.2) is 5.82 Å². The van der Waals surface area contributed by atoms with Crippen LogP contribution in [0.4, 0.5) is 14.9 Å². The lowest BCUT2D eigenvalue weighted by Gasteiger charge is -2.41. The summed E-state index contributed by atoms with van der Waals surface area (Å²) in [7, 11) is -3.39. The zero-order valence-electron chi connectivity index (χ0n) is 12.4. The van der Waals surface area contributed by atoms with Crippen molar-refractivity contribution in [3.05, 3.63) is 24.3 Å². The predicted octanol–water partition coefficient (Wildman–Crippen LogP) is -0.328. The highest BCUT2D eigenvalue weighted by atomic mass is 32.2. The van der Waals surface area contributed by atoms with Crippen molar-refractivity contribution in [2.75, 3.05) is 44.6 Å². The van der Waals surface area contributed by atoms with Crippen LogP contribution < -0.4 is 10.6 Å². The molecule has 0 aromatic carbocycles. The van der Waals surface area contributed by atoms with E-state index in [4.69, 9.17) is 0 Å². The number of nitrogens with zero attached hydrogens (tertiary/aromatic N) is 3. The van der Waals surface area contributed by atoms with Gasteiger partial charge in [-0.2, -0.15) is 4.31 Å². The monoisotopic (exact) mass is 343 g/mol. The summed E-state index contributed by atoms with van der Waals surface area (Å²) in [5, 5.41) is 4.93. The Morgan fingerprint density at radius 2 is 2.04 bits per heavy atom. The van der Waals surface area contributed by atoms with E-state index in [0.717, 1.165) is 6.20 Å². The number of hydrogen-bond acceptors (Lipinski definition) is 5. The van der Waals surface area contributed by atoms with Gasteiger partial charge in [-0.25, -0.2) is 17.6 Å². The molecule has 0 radical (unpaired) electrons. The zero-order valence-corrected chi connectivity index (χ0v) is 13.2. The van der Waals surface area contributed by atoms with E-state index >= 15 is 0 Å². The normalized spacial score (nSPS) is 20.1.